The van der Waals surface area contributed by atoms with E-state index in [-0.39, 0.29) is 0 Å². The monoisotopic (exact) mass is 386 g/mol. The predicted molar refractivity (Wildman–Crippen MR) is 87.9 cm³/mol. The van der Waals surface area contributed by atoms with Gasteiger partial charge in [-0.3, -0.25) is 0 Å². The molecule has 1 unspecified atom stereocenters. The summed E-state index contributed by atoms with van der Waals surface area (Å²) in [6.45, 7) is 2.20. The number of hydrogen-bond acceptors (Lipinski definition) is 1. The Bertz CT molecular complexity index is 505. The molecule has 2 aromatic rings. The summed E-state index contributed by atoms with van der Waals surface area (Å²) in [5.41, 5.74) is 2.86. The Hall–Kier alpha value is -0.120. The van der Waals surface area contributed by atoms with E-state index in [1.807, 2.05) is 11.3 Å². The highest BCUT2D eigenvalue weighted by Crippen LogP contribution is 2.27. The Labute approximate surface area is 130 Å². The van der Waals surface area contributed by atoms with Crippen molar-refractivity contribution in [3.8, 4) is 0 Å². The predicted octanol–water partition coefficient (Wildman–Crippen LogP) is 5.62. The molecule has 0 N–H and O–H groups in total. The minimum Gasteiger partial charge on any atom is -0.148 e. The number of benzene rings is 1. The lowest BCUT2D eigenvalue weighted by atomic mass is 9.95. The van der Waals surface area contributed by atoms with Crippen molar-refractivity contribution in [1.29, 1.82) is 0 Å². The minimum atomic E-state index is 0.654. The zero-order chi connectivity index (χ0) is 13.0. The summed E-state index contributed by atoms with van der Waals surface area (Å²) in [6, 6.07) is 10.8. The van der Waals surface area contributed by atoms with Gasteiger partial charge in [-0.1, -0.05) is 40.2 Å². The number of alkyl halides is 1. The average molecular weight is 388 g/mol. The zero-order valence-corrected chi connectivity index (χ0v) is 14.3. The fraction of sp³-hybridized carbons (Fsp3) is 0.333. The highest BCUT2D eigenvalue weighted by atomic mass is 79.9. The molecule has 0 spiro atoms. The zero-order valence-electron chi connectivity index (χ0n) is 10.3. The average Bonchev–Trinajstić information content (AvgIpc) is 2.77. The molecule has 1 aromatic carbocycles. The highest BCUT2D eigenvalue weighted by Gasteiger charge is 2.13. The van der Waals surface area contributed by atoms with Crippen LogP contribution in [-0.4, -0.2) is 5.33 Å². The molecule has 0 aliphatic rings. The second-order valence-electron chi connectivity index (χ2n) is 4.55. The van der Waals surface area contributed by atoms with Crippen molar-refractivity contribution in [3.05, 3.63) is 56.2 Å². The van der Waals surface area contributed by atoms with Crippen LogP contribution >= 0.6 is 43.2 Å². The number of halogens is 2. The molecule has 0 amide bonds. The number of aryl methyl sites for hydroxylation is 1. The third-order valence-corrected chi connectivity index (χ3v) is 6.02. The summed E-state index contributed by atoms with van der Waals surface area (Å²) in [5.74, 6) is 0.654. The maximum Gasteiger partial charge on any atom is 0.0314 e. The molecule has 0 aliphatic heterocycles. The first-order valence-electron chi connectivity index (χ1n) is 6.03. The second-order valence-corrected chi connectivity index (χ2v) is 7.05. The first kappa shape index (κ1) is 14.3. The molecule has 1 heterocycles. The lowest BCUT2D eigenvalue weighted by molar-refractivity contribution is 0.594. The topological polar surface area (TPSA) is 0 Å². The summed E-state index contributed by atoms with van der Waals surface area (Å²) >= 11 is 9.12. The fourth-order valence-corrected chi connectivity index (χ4v) is 4.15. The van der Waals surface area contributed by atoms with Gasteiger partial charge in [-0.25, -0.2) is 0 Å². The van der Waals surface area contributed by atoms with E-state index < -0.39 is 0 Å². The molecule has 1 atom stereocenters. The van der Waals surface area contributed by atoms with Gasteiger partial charge in [0.05, 0.1) is 0 Å². The smallest absolute Gasteiger partial charge is 0.0314 e. The van der Waals surface area contributed by atoms with Crippen molar-refractivity contribution in [2.24, 2.45) is 5.92 Å². The second kappa shape index (κ2) is 6.88. The molecule has 0 aliphatic carbocycles. The van der Waals surface area contributed by atoms with Gasteiger partial charge in [0.2, 0.25) is 0 Å². The lowest BCUT2D eigenvalue weighted by Crippen LogP contribution is -2.10. The van der Waals surface area contributed by atoms with Crippen LogP contribution in [0.3, 0.4) is 0 Å². The third-order valence-electron chi connectivity index (χ3n) is 3.15. The van der Waals surface area contributed by atoms with Gasteiger partial charge in [0, 0.05) is 14.7 Å². The van der Waals surface area contributed by atoms with Gasteiger partial charge in [0.1, 0.15) is 0 Å². The third kappa shape index (κ3) is 3.69. The van der Waals surface area contributed by atoms with Crippen LogP contribution in [0.2, 0.25) is 0 Å². The van der Waals surface area contributed by atoms with Crippen LogP contribution in [0.5, 0.6) is 0 Å². The van der Waals surface area contributed by atoms with Crippen LogP contribution < -0.4 is 0 Å². The van der Waals surface area contributed by atoms with Gasteiger partial charge in [0.15, 0.2) is 0 Å². The van der Waals surface area contributed by atoms with E-state index in [4.69, 9.17) is 0 Å². The summed E-state index contributed by atoms with van der Waals surface area (Å²) < 4.78 is 1.25. The van der Waals surface area contributed by atoms with Crippen molar-refractivity contribution in [2.75, 3.05) is 5.33 Å². The fourth-order valence-electron chi connectivity index (χ4n) is 2.06. The number of hydrogen-bond donors (Lipinski definition) is 0. The molecule has 2 rings (SSSR count). The Kier molecular flexibility index (Phi) is 5.46. The Morgan fingerprint density at radius 1 is 1.17 bits per heavy atom. The number of thiophene rings is 1. The molecule has 0 radical (unpaired) electrons. The molecule has 0 fully saturated rings. The van der Waals surface area contributed by atoms with Crippen molar-refractivity contribution < 1.29 is 0 Å². The van der Waals surface area contributed by atoms with Crippen LogP contribution in [0.25, 0.3) is 0 Å². The quantitative estimate of drug-likeness (QED) is 0.584. The molecular formula is C15H16Br2S. The van der Waals surface area contributed by atoms with Crippen LogP contribution in [0, 0.1) is 12.8 Å². The lowest BCUT2D eigenvalue weighted by Gasteiger charge is -2.15. The largest absolute Gasteiger partial charge is 0.148 e. The van der Waals surface area contributed by atoms with Gasteiger partial charge >= 0.3 is 0 Å². The normalized spacial score (nSPS) is 12.6. The summed E-state index contributed by atoms with van der Waals surface area (Å²) in [4.78, 5) is 1.45. The maximum atomic E-state index is 3.66. The van der Waals surface area contributed by atoms with E-state index in [1.54, 1.807) is 0 Å². The van der Waals surface area contributed by atoms with Crippen LogP contribution in [0.15, 0.2) is 40.2 Å². The molecule has 0 saturated heterocycles. The molecule has 1 aromatic heterocycles. The Morgan fingerprint density at radius 2 is 1.94 bits per heavy atom. The molecule has 3 heteroatoms. The van der Waals surface area contributed by atoms with E-state index in [2.05, 4.69) is 74.5 Å². The van der Waals surface area contributed by atoms with E-state index in [1.165, 1.54) is 20.5 Å². The van der Waals surface area contributed by atoms with Gasteiger partial charge in [-0.15, -0.1) is 11.3 Å². The number of rotatable bonds is 5. The minimum absolute atomic E-state index is 0.654. The summed E-state index contributed by atoms with van der Waals surface area (Å²) in [7, 11) is 0. The van der Waals surface area contributed by atoms with Crippen molar-refractivity contribution >= 4 is 43.2 Å². The molecule has 0 bridgehead atoms. The van der Waals surface area contributed by atoms with Crippen LogP contribution in [0.4, 0.5) is 0 Å². The van der Waals surface area contributed by atoms with E-state index in [9.17, 15) is 0 Å². The van der Waals surface area contributed by atoms with Crippen LogP contribution in [0.1, 0.15) is 16.0 Å². The first-order chi connectivity index (χ1) is 8.70. The highest BCUT2D eigenvalue weighted by molar-refractivity contribution is 9.10. The summed E-state index contributed by atoms with van der Waals surface area (Å²) in [5, 5.41) is 3.20. The molecule has 0 saturated carbocycles. The first-order valence-corrected chi connectivity index (χ1v) is 8.82. The van der Waals surface area contributed by atoms with Crippen molar-refractivity contribution in [1.82, 2.24) is 0 Å². The van der Waals surface area contributed by atoms with E-state index >= 15 is 0 Å². The van der Waals surface area contributed by atoms with Crippen molar-refractivity contribution in [3.63, 3.8) is 0 Å². The molecule has 96 valence electrons. The van der Waals surface area contributed by atoms with Crippen molar-refractivity contribution in [2.45, 2.75) is 19.8 Å². The van der Waals surface area contributed by atoms with Gasteiger partial charge in [-0.05, 0) is 64.2 Å². The van der Waals surface area contributed by atoms with E-state index in [0.29, 0.717) is 5.92 Å². The molecule has 18 heavy (non-hydrogen) atoms. The Balaban J connectivity index is 2.06. The van der Waals surface area contributed by atoms with E-state index in [0.717, 1.165) is 18.2 Å². The molecular weight excluding hydrogens is 372 g/mol. The maximum absolute atomic E-state index is 3.66. The Morgan fingerprint density at radius 3 is 2.56 bits per heavy atom. The SMILES string of the molecule is Cc1ccccc1CC(CBr)Cc1sccc1Br. The van der Waals surface area contributed by atoms with Gasteiger partial charge < -0.3 is 0 Å². The standard InChI is InChI=1S/C15H16Br2S/c1-11-4-2-3-5-13(11)8-12(10-16)9-15-14(17)6-7-18-15/h2-7,12H,8-10H2,1H3. The van der Waals surface area contributed by atoms with Crippen LogP contribution in [-0.2, 0) is 12.8 Å². The van der Waals surface area contributed by atoms with Gasteiger partial charge in [-0.2, -0.15) is 0 Å². The summed E-state index contributed by atoms with van der Waals surface area (Å²) in [6.07, 6.45) is 2.28. The van der Waals surface area contributed by atoms with Gasteiger partial charge in [0.25, 0.3) is 0 Å². The molecule has 0 nitrogen and oxygen atoms in total.